The van der Waals surface area contributed by atoms with Crippen LogP contribution >= 0.6 is 0 Å². The van der Waals surface area contributed by atoms with Crippen LogP contribution in [0.3, 0.4) is 0 Å². The lowest BCUT2D eigenvalue weighted by Gasteiger charge is -2.24. The normalized spacial score (nSPS) is 13.1. The molecule has 0 radical (unpaired) electrons. The Morgan fingerprint density at radius 1 is 0.815 bits per heavy atom. The molecule has 2 aromatic rings. The van der Waals surface area contributed by atoms with Crippen LogP contribution in [0.5, 0.6) is 0 Å². The summed E-state index contributed by atoms with van der Waals surface area (Å²) in [6.45, 7) is 12.4. The second-order valence-corrected chi connectivity index (χ2v) is 8.55. The van der Waals surface area contributed by atoms with E-state index in [1.54, 1.807) is 6.08 Å². The van der Waals surface area contributed by atoms with E-state index in [0.29, 0.717) is 17.0 Å². The summed E-state index contributed by atoms with van der Waals surface area (Å²) in [6, 6.07) is 15.2. The Morgan fingerprint density at radius 3 is 1.74 bits per heavy atom. The topological polar surface area (TPSA) is 34.1 Å². The van der Waals surface area contributed by atoms with E-state index in [1.807, 2.05) is 61.5 Å². The maximum absolute atomic E-state index is 12.6. The van der Waals surface area contributed by atoms with Crippen molar-refractivity contribution in [2.75, 3.05) is 0 Å². The molecule has 0 aliphatic rings. The maximum atomic E-state index is 12.6. The van der Waals surface area contributed by atoms with Crippen LogP contribution in [-0.2, 0) is 4.79 Å². The molecule has 1 atom stereocenters. The number of benzene rings is 2. The SMILES string of the molecule is CC(C)c1ccc(C(=O)c2ccc(/C=C/C(=O)C(C)C(C)(C)C)cc2)cc1. The predicted octanol–water partition coefficient (Wildman–Crippen LogP) is 6.31. The lowest BCUT2D eigenvalue weighted by atomic mass is 9.79. The van der Waals surface area contributed by atoms with Crippen molar-refractivity contribution < 1.29 is 9.59 Å². The Kier molecular flexibility index (Phi) is 6.54. The minimum Gasteiger partial charge on any atom is -0.295 e. The summed E-state index contributed by atoms with van der Waals surface area (Å²) in [6.07, 6.45) is 3.45. The zero-order chi connectivity index (χ0) is 20.2. The Balaban J connectivity index is 2.09. The fourth-order valence-electron chi connectivity index (χ4n) is 2.68. The molecule has 2 heteroatoms. The van der Waals surface area contributed by atoms with Crippen LogP contribution in [-0.4, -0.2) is 11.6 Å². The predicted molar refractivity (Wildman–Crippen MR) is 113 cm³/mol. The summed E-state index contributed by atoms with van der Waals surface area (Å²) in [4.78, 5) is 24.9. The van der Waals surface area contributed by atoms with Gasteiger partial charge in [0.2, 0.25) is 0 Å². The zero-order valence-corrected chi connectivity index (χ0v) is 17.2. The van der Waals surface area contributed by atoms with Crippen molar-refractivity contribution in [3.63, 3.8) is 0 Å². The molecule has 0 fully saturated rings. The molecule has 0 saturated carbocycles. The molecular formula is C25H30O2. The Morgan fingerprint density at radius 2 is 1.30 bits per heavy atom. The Labute approximate surface area is 163 Å². The molecule has 2 aromatic carbocycles. The van der Waals surface area contributed by atoms with Gasteiger partial charge in [-0.15, -0.1) is 0 Å². The average molecular weight is 363 g/mol. The van der Waals surface area contributed by atoms with Crippen LogP contribution in [0, 0.1) is 11.3 Å². The molecule has 0 aromatic heterocycles. The van der Waals surface area contributed by atoms with E-state index in [9.17, 15) is 9.59 Å². The van der Waals surface area contributed by atoms with Crippen LogP contribution in [0.25, 0.3) is 6.08 Å². The molecular weight excluding hydrogens is 332 g/mol. The largest absolute Gasteiger partial charge is 0.295 e. The van der Waals surface area contributed by atoms with Crippen LogP contribution in [0.4, 0.5) is 0 Å². The third-order valence-corrected chi connectivity index (χ3v) is 5.18. The quantitative estimate of drug-likeness (QED) is 0.446. The van der Waals surface area contributed by atoms with Gasteiger partial charge in [0, 0.05) is 17.0 Å². The van der Waals surface area contributed by atoms with Crippen molar-refractivity contribution >= 4 is 17.6 Å². The molecule has 0 aliphatic heterocycles. The first-order chi connectivity index (χ1) is 12.6. The van der Waals surface area contributed by atoms with Crippen LogP contribution < -0.4 is 0 Å². The van der Waals surface area contributed by atoms with E-state index >= 15 is 0 Å². The van der Waals surface area contributed by atoms with E-state index < -0.39 is 0 Å². The average Bonchev–Trinajstić information content (AvgIpc) is 2.64. The zero-order valence-electron chi connectivity index (χ0n) is 17.2. The maximum Gasteiger partial charge on any atom is 0.193 e. The van der Waals surface area contributed by atoms with Gasteiger partial charge in [0.25, 0.3) is 0 Å². The lowest BCUT2D eigenvalue weighted by Crippen LogP contribution is -2.24. The van der Waals surface area contributed by atoms with Gasteiger partial charge in [-0.3, -0.25) is 9.59 Å². The number of allylic oxidation sites excluding steroid dienone is 1. The van der Waals surface area contributed by atoms with Gasteiger partial charge in [0.1, 0.15) is 0 Å². The first-order valence-corrected chi connectivity index (χ1v) is 9.56. The van der Waals surface area contributed by atoms with Crippen molar-refractivity contribution in [1.29, 1.82) is 0 Å². The highest BCUT2D eigenvalue weighted by Gasteiger charge is 2.24. The number of carbonyl (C=O) groups is 2. The highest BCUT2D eigenvalue weighted by atomic mass is 16.1. The van der Waals surface area contributed by atoms with Crippen LogP contribution in [0.1, 0.15) is 74.5 Å². The smallest absolute Gasteiger partial charge is 0.193 e. The summed E-state index contributed by atoms with van der Waals surface area (Å²) in [7, 11) is 0. The van der Waals surface area contributed by atoms with Gasteiger partial charge in [-0.05, 0) is 28.5 Å². The highest BCUT2D eigenvalue weighted by Crippen LogP contribution is 2.26. The monoisotopic (exact) mass is 362 g/mol. The molecule has 1 unspecified atom stereocenters. The van der Waals surface area contributed by atoms with Crippen molar-refractivity contribution in [3.05, 3.63) is 76.9 Å². The van der Waals surface area contributed by atoms with E-state index in [1.165, 1.54) is 5.56 Å². The minimum absolute atomic E-state index is 0.0123. The molecule has 0 bridgehead atoms. The van der Waals surface area contributed by atoms with Gasteiger partial charge in [-0.2, -0.15) is 0 Å². The summed E-state index contributed by atoms with van der Waals surface area (Å²) >= 11 is 0. The van der Waals surface area contributed by atoms with Gasteiger partial charge in [-0.25, -0.2) is 0 Å². The minimum atomic E-state index is -0.0528. The molecule has 0 saturated heterocycles. The van der Waals surface area contributed by atoms with Crippen molar-refractivity contribution in [2.45, 2.75) is 47.5 Å². The van der Waals surface area contributed by atoms with Crippen LogP contribution in [0.15, 0.2) is 54.6 Å². The summed E-state index contributed by atoms with van der Waals surface area (Å²) in [5, 5.41) is 0. The Hall–Kier alpha value is -2.48. The molecule has 0 amide bonds. The highest BCUT2D eigenvalue weighted by molar-refractivity contribution is 6.09. The van der Waals surface area contributed by atoms with Gasteiger partial charge >= 0.3 is 0 Å². The molecule has 0 heterocycles. The number of ketones is 2. The number of carbonyl (C=O) groups excluding carboxylic acids is 2. The molecule has 0 aliphatic carbocycles. The third-order valence-electron chi connectivity index (χ3n) is 5.18. The second kappa shape index (κ2) is 8.47. The fraction of sp³-hybridized carbons (Fsp3) is 0.360. The third kappa shape index (κ3) is 5.50. The molecule has 0 spiro atoms. The number of hydrogen-bond donors (Lipinski definition) is 0. The fourth-order valence-corrected chi connectivity index (χ4v) is 2.68. The Bertz CT molecular complexity index is 816. The van der Waals surface area contributed by atoms with Gasteiger partial charge in [0.05, 0.1) is 0 Å². The first kappa shape index (κ1) is 20.8. The van der Waals surface area contributed by atoms with E-state index in [-0.39, 0.29) is 22.9 Å². The van der Waals surface area contributed by atoms with Crippen molar-refractivity contribution in [1.82, 2.24) is 0 Å². The molecule has 2 nitrogen and oxygen atoms in total. The summed E-state index contributed by atoms with van der Waals surface area (Å²) in [5.74, 6) is 0.540. The number of rotatable bonds is 6. The van der Waals surface area contributed by atoms with E-state index in [4.69, 9.17) is 0 Å². The molecule has 27 heavy (non-hydrogen) atoms. The van der Waals surface area contributed by atoms with Crippen molar-refractivity contribution in [2.24, 2.45) is 11.3 Å². The first-order valence-electron chi connectivity index (χ1n) is 9.56. The van der Waals surface area contributed by atoms with Crippen LogP contribution in [0.2, 0.25) is 0 Å². The second-order valence-electron chi connectivity index (χ2n) is 8.55. The molecule has 0 N–H and O–H groups in total. The number of hydrogen-bond acceptors (Lipinski definition) is 2. The summed E-state index contributed by atoms with van der Waals surface area (Å²) in [5.41, 5.74) is 3.43. The van der Waals surface area contributed by atoms with Gasteiger partial charge in [0.15, 0.2) is 11.6 Å². The molecule has 2 rings (SSSR count). The standard InChI is InChI=1S/C25H30O2/c1-17(2)20-12-14-22(15-13-20)24(27)21-10-7-19(8-11-21)9-16-23(26)18(3)25(4,5)6/h7-18H,1-6H3/b16-9+. The molecule has 142 valence electrons. The van der Waals surface area contributed by atoms with E-state index in [0.717, 1.165) is 5.56 Å². The van der Waals surface area contributed by atoms with Crippen molar-refractivity contribution in [3.8, 4) is 0 Å². The van der Waals surface area contributed by atoms with Gasteiger partial charge < -0.3 is 0 Å². The van der Waals surface area contributed by atoms with Gasteiger partial charge in [-0.1, -0.05) is 96.1 Å². The lowest BCUT2D eigenvalue weighted by molar-refractivity contribution is -0.120. The van der Waals surface area contributed by atoms with E-state index in [2.05, 4.69) is 34.6 Å². The summed E-state index contributed by atoms with van der Waals surface area (Å²) < 4.78 is 0.